The molecular formula is C7H4ClN2. The Hall–Kier alpha value is -1.02. The molecular weight excluding hydrogens is 148 g/mol. The van der Waals surface area contributed by atoms with Crippen molar-refractivity contribution in [3.05, 3.63) is 30.5 Å². The zero-order chi connectivity index (χ0) is 6.97. The van der Waals surface area contributed by atoms with Gasteiger partial charge in [0.2, 0.25) is 0 Å². The summed E-state index contributed by atoms with van der Waals surface area (Å²) in [5.41, 5.74) is 0.893. The first-order chi connectivity index (χ1) is 4.88. The van der Waals surface area contributed by atoms with Crippen LogP contribution in [0.2, 0.25) is 0 Å². The monoisotopic (exact) mass is 151 g/mol. The van der Waals surface area contributed by atoms with Crippen LogP contribution in [0.5, 0.6) is 0 Å². The number of aromatic nitrogens is 2. The predicted molar refractivity (Wildman–Crippen MR) is 39.8 cm³/mol. The summed E-state index contributed by atoms with van der Waals surface area (Å²) in [5, 5.41) is 4.69. The van der Waals surface area contributed by atoms with Crippen molar-refractivity contribution in [2.75, 3.05) is 0 Å². The third kappa shape index (κ3) is 0.693. The lowest BCUT2D eigenvalue weighted by molar-refractivity contribution is 1.02. The van der Waals surface area contributed by atoms with Crippen molar-refractivity contribution in [2.24, 2.45) is 0 Å². The molecule has 49 valence electrons. The molecule has 3 heteroatoms. The molecule has 0 amide bonds. The van der Waals surface area contributed by atoms with Gasteiger partial charge in [-0.2, -0.15) is 9.30 Å². The second kappa shape index (κ2) is 1.99. The van der Waals surface area contributed by atoms with Gasteiger partial charge in [0.05, 0.1) is 5.52 Å². The molecule has 0 aliphatic heterocycles. The van der Waals surface area contributed by atoms with E-state index in [9.17, 15) is 0 Å². The molecule has 1 aromatic carbocycles. The van der Waals surface area contributed by atoms with Gasteiger partial charge in [0, 0.05) is 17.2 Å². The minimum absolute atomic E-state index is 0.893. The van der Waals surface area contributed by atoms with E-state index in [0.29, 0.717) is 0 Å². The van der Waals surface area contributed by atoms with Crippen molar-refractivity contribution >= 4 is 22.7 Å². The van der Waals surface area contributed by atoms with Gasteiger partial charge in [-0.25, -0.2) is 0 Å². The van der Waals surface area contributed by atoms with Crippen molar-refractivity contribution in [1.29, 1.82) is 0 Å². The van der Waals surface area contributed by atoms with Crippen LogP contribution in [0.25, 0.3) is 10.9 Å². The van der Waals surface area contributed by atoms with Gasteiger partial charge in [-0.15, -0.1) is 0 Å². The number of benzene rings is 1. The van der Waals surface area contributed by atoms with E-state index in [2.05, 4.69) is 11.3 Å². The normalized spacial score (nSPS) is 10.5. The molecule has 0 fully saturated rings. The van der Waals surface area contributed by atoms with Crippen LogP contribution in [0.1, 0.15) is 0 Å². The highest BCUT2D eigenvalue weighted by molar-refractivity contribution is 6.18. The molecule has 0 bridgehead atoms. The Morgan fingerprint density at radius 1 is 1.40 bits per heavy atom. The Bertz CT molecular complexity index is 353. The molecule has 2 rings (SSSR count). The lowest BCUT2D eigenvalue weighted by Gasteiger charge is -1.86. The third-order valence-corrected chi connectivity index (χ3v) is 1.62. The van der Waals surface area contributed by atoms with Crippen molar-refractivity contribution in [3.8, 4) is 0 Å². The summed E-state index contributed by atoms with van der Waals surface area (Å²) in [6, 6.07) is 7.65. The minimum Gasteiger partial charge on any atom is -0.171 e. The molecule has 0 atom stereocenters. The van der Waals surface area contributed by atoms with Gasteiger partial charge in [-0.1, -0.05) is 18.2 Å². The highest BCUT2D eigenvalue weighted by Crippen LogP contribution is 2.11. The Balaban J connectivity index is 2.93. The number of hydrogen-bond donors (Lipinski definition) is 0. The predicted octanol–water partition coefficient (Wildman–Crippen LogP) is 1.84. The van der Waals surface area contributed by atoms with Gasteiger partial charge in [0.25, 0.3) is 0 Å². The van der Waals surface area contributed by atoms with E-state index in [-0.39, 0.29) is 0 Å². The second-order valence-electron chi connectivity index (χ2n) is 1.99. The van der Waals surface area contributed by atoms with E-state index in [1.807, 2.05) is 24.3 Å². The molecule has 0 saturated heterocycles. The summed E-state index contributed by atoms with van der Waals surface area (Å²) in [5.74, 6) is 0. The van der Waals surface area contributed by atoms with E-state index in [0.717, 1.165) is 10.9 Å². The molecule has 1 radical (unpaired) electrons. The van der Waals surface area contributed by atoms with Crippen LogP contribution < -0.4 is 0 Å². The van der Waals surface area contributed by atoms with Crippen molar-refractivity contribution in [1.82, 2.24) is 9.30 Å². The first-order valence-corrected chi connectivity index (χ1v) is 3.23. The highest BCUT2D eigenvalue weighted by Gasteiger charge is 1.96. The highest BCUT2D eigenvalue weighted by atomic mass is 35.5. The molecule has 2 aromatic rings. The van der Waals surface area contributed by atoms with Gasteiger partial charge in [-0.3, -0.25) is 0 Å². The fourth-order valence-electron chi connectivity index (χ4n) is 0.881. The molecule has 0 saturated carbocycles. The average Bonchev–Trinajstić information content (AvgIpc) is 2.34. The largest absolute Gasteiger partial charge is 0.171 e. The van der Waals surface area contributed by atoms with Crippen LogP contribution in [-0.2, 0) is 0 Å². The molecule has 2 nitrogen and oxygen atoms in total. The fraction of sp³-hybridized carbons (Fsp3) is 0. The zero-order valence-electron chi connectivity index (χ0n) is 5.08. The Morgan fingerprint density at radius 3 is 3.00 bits per heavy atom. The van der Waals surface area contributed by atoms with Crippen LogP contribution in [0.4, 0.5) is 0 Å². The Kier molecular flexibility index (Phi) is 1.14. The molecule has 10 heavy (non-hydrogen) atoms. The number of fused-ring (bicyclic) bond motifs is 1. The summed E-state index contributed by atoms with van der Waals surface area (Å²) in [4.78, 5) is 0. The van der Waals surface area contributed by atoms with Crippen LogP contribution in [0, 0.1) is 6.20 Å². The van der Waals surface area contributed by atoms with E-state index < -0.39 is 0 Å². The summed E-state index contributed by atoms with van der Waals surface area (Å²) >= 11 is 5.65. The third-order valence-electron chi connectivity index (χ3n) is 1.36. The lowest BCUT2D eigenvalue weighted by atomic mass is 10.3. The quantitative estimate of drug-likeness (QED) is 0.562. The first-order valence-electron chi connectivity index (χ1n) is 2.89. The molecule has 0 N–H and O–H groups in total. The number of para-hydroxylation sites is 1. The van der Waals surface area contributed by atoms with Crippen molar-refractivity contribution in [3.63, 3.8) is 0 Å². The van der Waals surface area contributed by atoms with Crippen LogP contribution >= 0.6 is 11.8 Å². The summed E-state index contributed by atoms with van der Waals surface area (Å²) in [7, 11) is 0. The van der Waals surface area contributed by atoms with E-state index >= 15 is 0 Å². The maximum absolute atomic E-state index is 5.65. The van der Waals surface area contributed by atoms with Crippen LogP contribution in [0.15, 0.2) is 24.3 Å². The number of hydrogen-bond acceptors (Lipinski definition) is 1. The van der Waals surface area contributed by atoms with Gasteiger partial charge in [0.15, 0.2) is 0 Å². The molecule has 0 spiro atoms. The topological polar surface area (TPSA) is 17.8 Å². The van der Waals surface area contributed by atoms with Crippen molar-refractivity contribution in [2.45, 2.75) is 0 Å². The summed E-state index contributed by atoms with van der Waals surface area (Å²) in [6.45, 7) is 0. The maximum Gasteiger partial charge on any atom is 0.123 e. The standard InChI is InChI=1S/C7H4ClN2/c8-10-7-4-2-1-3-6(7)5-9-10/h1-4H. The molecule has 1 aromatic heterocycles. The summed E-state index contributed by atoms with van der Waals surface area (Å²) in [6.07, 6.45) is 2.77. The second-order valence-corrected chi connectivity index (χ2v) is 2.31. The zero-order valence-corrected chi connectivity index (χ0v) is 5.84. The molecule has 0 aliphatic rings. The Labute approximate surface area is 63.1 Å². The molecule has 0 unspecified atom stereocenters. The molecule has 0 aliphatic carbocycles. The number of nitrogens with zero attached hydrogens (tertiary/aromatic N) is 2. The van der Waals surface area contributed by atoms with Gasteiger partial charge in [-0.05, 0) is 6.07 Å². The fourth-order valence-corrected chi connectivity index (χ4v) is 1.07. The van der Waals surface area contributed by atoms with E-state index in [4.69, 9.17) is 11.8 Å². The van der Waals surface area contributed by atoms with Gasteiger partial charge in [0.1, 0.15) is 6.20 Å². The SMILES string of the molecule is Cln1n[c]c2ccccc21. The van der Waals surface area contributed by atoms with Gasteiger partial charge < -0.3 is 0 Å². The Morgan fingerprint density at radius 2 is 2.20 bits per heavy atom. The van der Waals surface area contributed by atoms with Crippen LogP contribution in [-0.4, -0.2) is 9.30 Å². The summed E-state index contributed by atoms with van der Waals surface area (Å²) < 4.78 is 1.29. The lowest BCUT2D eigenvalue weighted by Crippen LogP contribution is -1.78. The van der Waals surface area contributed by atoms with E-state index in [1.54, 1.807) is 0 Å². The smallest absolute Gasteiger partial charge is 0.123 e. The van der Waals surface area contributed by atoms with Gasteiger partial charge >= 0.3 is 0 Å². The minimum atomic E-state index is 0.893. The average molecular weight is 152 g/mol. The van der Waals surface area contributed by atoms with E-state index in [1.165, 1.54) is 4.20 Å². The molecule has 1 heterocycles. The van der Waals surface area contributed by atoms with Crippen LogP contribution in [0.3, 0.4) is 0 Å². The first kappa shape index (κ1) is 5.74. The maximum atomic E-state index is 5.65. The van der Waals surface area contributed by atoms with Crippen molar-refractivity contribution < 1.29 is 0 Å². The number of rotatable bonds is 0. The number of halogens is 1.